The molecule has 1 saturated carbocycles. The predicted molar refractivity (Wildman–Crippen MR) is 232 cm³/mol. The summed E-state index contributed by atoms with van der Waals surface area (Å²) in [4.78, 5) is 62.6. The number of imide groups is 2. The molecule has 2 aliphatic heterocycles. The monoisotopic (exact) mass is 837 g/mol. The molecule has 2 aliphatic carbocycles. The zero-order valence-corrected chi connectivity index (χ0v) is 34.8. The maximum absolute atomic E-state index is 15.2. The van der Waals surface area contributed by atoms with Crippen molar-refractivity contribution < 1.29 is 29.0 Å². The number of aryl methyl sites for hydroxylation is 2. The number of methoxy groups -OCH3 is 1. The van der Waals surface area contributed by atoms with Gasteiger partial charge in [0, 0.05) is 40.1 Å². The van der Waals surface area contributed by atoms with E-state index in [9.17, 15) is 14.7 Å². The minimum absolute atomic E-state index is 0.0677. The fraction of sp³-hybridized carbons (Fsp3) is 0.255. The minimum Gasteiger partial charge on any atom is -0.504 e. The summed E-state index contributed by atoms with van der Waals surface area (Å²) in [7, 11) is 3.18. The highest BCUT2D eigenvalue weighted by Gasteiger charge is 2.68. The van der Waals surface area contributed by atoms with E-state index in [4.69, 9.17) is 21.4 Å². The molecule has 0 spiro atoms. The number of ether oxygens (including phenoxy) is 1. The predicted octanol–water partition coefficient (Wildman–Crippen LogP) is 9.16. The molecule has 4 heterocycles. The number of aromatic nitrogens is 2. The van der Waals surface area contributed by atoms with Gasteiger partial charge in [-0.05, 0) is 116 Å². The number of nitrogens with one attached hydrogen (secondary N) is 1. The van der Waals surface area contributed by atoms with E-state index in [0.717, 1.165) is 37.5 Å². The van der Waals surface area contributed by atoms with Crippen LogP contribution in [0.25, 0.3) is 20.7 Å². The second-order valence-electron chi connectivity index (χ2n) is 16.4. The highest BCUT2D eigenvalue weighted by atomic mass is 35.5. The van der Waals surface area contributed by atoms with E-state index in [-0.39, 0.29) is 41.5 Å². The van der Waals surface area contributed by atoms with E-state index in [2.05, 4.69) is 5.32 Å². The lowest BCUT2D eigenvalue weighted by molar-refractivity contribution is -0.131. The van der Waals surface area contributed by atoms with Crippen LogP contribution in [0.15, 0.2) is 109 Å². The molecule has 4 aliphatic rings. The average molecular weight is 838 g/mol. The van der Waals surface area contributed by atoms with Crippen molar-refractivity contribution in [3.8, 4) is 22.1 Å². The zero-order valence-electron chi connectivity index (χ0n) is 33.2. The van der Waals surface area contributed by atoms with Crippen LogP contribution in [0, 0.1) is 36.0 Å². The second kappa shape index (κ2) is 13.9. The number of benzene rings is 4. The molecule has 60 heavy (non-hydrogen) atoms. The van der Waals surface area contributed by atoms with Crippen LogP contribution in [0.4, 0.5) is 22.9 Å². The number of para-hydroxylation sites is 1. The van der Waals surface area contributed by atoms with Crippen LogP contribution in [0.2, 0.25) is 5.02 Å². The summed E-state index contributed by atoms with van der Waals surface area (Å²) in [5.74, 6) is -4.29. The molecular formula is C47H40ClN5O6S. The number of halogens is 1. The van der Waals surface area contributed by atoms with E-state index in [1.54, 1.807) is 53.4 Å². The lowest BCUT2D eigenvalue weighted by Crippen LogP contribution is -2.48. The third kappa shape index (κ3) is 5.57. The van der Waals surface area contributed by atoms with Crippen molar-refractivity contribution in [2.24, 2.45) is 36.1 Å². The Bertz CT molecular complexity index is 2830. The van der Waals surface area contributed by atoms with Gasteiger partial charge in [0.05, 0.1) is 40.8 Å². The number of carbonyl (C=O) groups is 4. The van der Waals surface area contributed by atoms with E-state index in [1.165, 1.54) is 23.0 Å². The van der Waals surface area contributed by atoms with Crippen molar-refractivity contribution in [2.45, 2.75) is 32.6 Å². The maximum Gasteiger partial charge on any atom is 0.242 e. The van der Waals surface area contributed by atoms with Gasteiger partial charge >= 0.3 is 0 Å². The third-order valence-corrected chi connectivity index (χ3v) is 14.7. The molecule has 4 aromatic carbocycles. The van der Waals surface area contributed by atoms with Gasteiger partial charge in [0.15, 0.2) is 11.5 Å². The highest BCUT2D eigenvalue weighted by Crippen LogP contribution is 2.64. The Morgan fingerprint density at radius 3 is 2.38 bits per heavy atom. The Morgan fingerprint density at radius 1 is 0.883 bits per heavy atom. The Morgan fingerprint density at radius 2 is 1.63 bits per heavy atom. The normalized spacial score (nSPS) is 24.8. The number of nitrogens with zero attached hydrogens (tertiary/aromatic N) is 4. The summed E-state index contributed by atoms with van der Waals surface area (Å²) in [6.45, 7) is 3.84. The fourth-order valence-corrected chi connectivity index (χ4v) is 11.7. The molecular weight excluding hydrogens is 798 g/mol. The number of allylic oxidation sites excluding steroid dienone is 2. The molecule has 0 bridgehead atoms. The van der Waals surface area contributed by atoms with Crippen LogP contribution in [-0.4, -0.2) is 45.6 Å². The number of aromatic hydroxyl groups is 1. The average Bonchev–Trinajstić information content (AvgIpc) is 3.92. The van der Waals surface area contributed by atoms with Crippen LogP contribution in [0.3, 0.4) is 0 Å². The highest BCUT2D eigenvalue weighted by molar-refractivity contribution is 7.22. The number of hydrogen-bond donors (Lipinski definition) is 2. The quantitative estimate of drug-likeness (QED) is 0.120. The molecule has 302 valence electrons. The van der Waals surface area contributed by atoms with Gasteiger partial charge in [-0.25, -0.2) is 4.90 Å². The summed E-state index contributed by atoms with van der Waals surface area (Å²) < 4.78 is 8.15. The first kappa shape index (κ1) is 38.0. The number of anilines is 4. The fourth-order valence-electron chi connectivity index (χ4n) is 10.3. The van der Waals surface area contributed by atoms with Gasteiger partial charge in [0.1, 0.15) is 11.5 Å². The van der Waals surface area contributed by atoms with Gasteiger partial charge in [0.25, 0.3) is 0 Å². The van der Waals surface area contributed by atoms with E-state index < -0.39 is 35.0 Å². The van der Waals surface area contributed by atoms with Gasteiger partial charge in [-0.2, -0.15) is 5.10 Å². The molecule has 13 heteroatoms. The SMILES string of the molecule is COc1cc([C@H]2C3=CC[C@@H]4C(=O)N(c5ccc(Nc6ccccc6)cc5)C(=O)[C@@H]4[C@@H]3C[C@H]3C(=O)N(c4cc(-c5sc6ccc(Cl)cc6c5C)nn4C)C(=O)[C@@]23C)ccc1O. The van der Waals surface area contributed by atoms with E-state index >= 15 is 9.59 Å². The number of amides is 4. The molecule has 4 amide bonds. The number of phenols is 1. The van der Waals surface area contributed by atoms with Gasteiger partial charge < -0.3 is 15.2 Å². The van der Waals surface area contributed by atoms with Crippen molar-refractivity contribution in [3.63, 3.8) is 0 Å². The van der Waals surface area contributed by atoms with Gasteiger partial charge in [-0.3, -0.25) is 28.8 Å². The molecule has 6 aromatic rings. The topological polar surface area (TPSA) is 134 Å². The largest absolute Gasteiger partial charge is 0.504 e. The third-order valence-electron chi connectivity index (χ3n) is 13.2. The van der Waals surface area contributed by atoms with E-state index in [0.29, 0.717) is 34.2 Å². The minimum atomic E-state index is -1.30. The molecule has 6 atom stereocenters. The Balaban J connectivity index is 1.03. The van der Waals surface area contributed by atoms with Gasteiger partial charge in [0.2, 0.25) is 23.6 Å². The first-order chi connectivity index (χ1) is 28.9. The van der Waals surface area contributed by atoms with Crippen LogP contribution < -0.4 is 19.9 Å². The van der Waals surface area contributed by atoms with Crippen LogP contribution in [0.1, 0.15) is 36.8 Å². The molecule has 0 radical (unpaired) electrons. The van der Waals surface area contributed by atoms with E-state index in [1.807, 2.05) is 80.6 Å². The van der Waals surface area contributed by atoms with Crippen molar-refractivity contribution in [2.75, 3.05) is 22.2 Å². The Kier molecular flexibility index (Phi) is 8.82. The zero-order chi connectivity index (χ0) is 41.8. The molecule has 0 unspecified atom stereocenters. The first-order valence-corrected chi connectivity index (χ1v) is 21.1. The summed E-state index contributed by atoms with van der Waals surface area (Å²) in [6.07, 6.45) is 2.51. The van der Waals surface area contributed by atoms with Crippen LogP contribution in [0.5, 0.6) is 11.5 Å². The summed E-state index contributed by atoms with van der Waals surface area (Å²) >= 11 is 7.91. The number of hydrogen-bond acceptors (Lipinski definition) is 9. The number of rotatable bonds is 7. The number of thiophene rings is 1. The first-order valence-electron chi connectivity index (χ1n) is 19.9. The number of fused-ring (bicyclic) bond motifs is 5. The Hall–Kier alpha value is -6.24. The van der Waals surface area contributed by atoms with Crippen molar-refractivity contribution in [3.05, 3.63) is 125 Å². The molecule has 2 N–H and O–H groups in total. The summed E-state index contributed by atoms with van der Waals surface area (Å²) in [6, 6.07) is 29.4. The van der Waals surface area contributed by atoms with Gasteiger partial charge in [-0.1, -0.05) is 47.5 Å². The molecule has 2 aromatic heterocycles. The lowest BCUT2D eigenvalue weighted by atomic mass is 9.51. The van der Waals surface area contributed by atoms with Gasteiger partial charge in [-0.15, -0.1) is 11.3 Å². The number of phenolic OH excluding ortho intramolecular Hbond substituents is 1. The molecule has 3 fully saturated rings. The Labute approximate surface area is 354 Å². The van der Waals surface area contributed by atoms with Crippen LogP contribution >= 0.6 is 22.9 Å². The van der Waals surface area contributed by atoms with Crippen LogP contribution in [-0.2, 0) is 26.2 Å². The molecule has 11 nitrogen and oxygen atoms in total. The maximum atomic E-state index is 15.2. The van der Waals surface area contributed by atoms with Crippen molar-refractivity contribution >= 4 is 79.5 Å². The smallest absolute Gasteiger partial charge is 0.242 e. The standard InChI is InChI=1S/C47H40ClN5O6S/c1-24-32-21-26(48)11-19-38(32)60-42(24)35-23-39(51(3)50-35)53-44(56)34-22-33-30(41(47(34,2)46(53)58)25-10-18-36(54)37(20-25)59-4)16-17-31-40(33)45(57)52(43(31)55)29-14-12-28(13-15-29)49-27-8-6-5-7-9-27/h5-16,18-21,23,31,33-34,40-41,49,54H,17,22H2,1-4H3/t31-,33+,34-,40-,41-,47+/m0/s1. The molecule has 10 rings (SSSR count). The second-order valence-corrected chi connectivity index (χ2v) is 17.8. The molecule has 2 saturated heterocycles. The lowest BCUT2D eigenvalue weighted by Gasteiger charge is -2.49. The van der Waals surface area contributed by atoms with Crippen molar-refractivity contribution in [1.29, 1.82) is 0 Å². The summed E-state index contributed by atoms with van der Waals surface area (Å²) in [5, 5.41) is 20.5. The van der Waals surface area contributed by atoms with Crippen molar-refractivity contribution in [1.82, 2.24) is 9.78 Å². The summed E-state index contributed by atoms with van der Waals surface area (Å²) in [5.41, 5.74) is 4.02. The number of carbonyl (C=O) groups excluding carboxylic acids is 4.